The number of ether oxygens (including phenoxy) is 1. The lowest BCUT2D eigenvalue weighted by Gasteiger charge is -2.36. The lowest BCUT2D eigenvalue weighted by molar-refractivity contribution is -0.147. The summed E-state index contributed by atoms with van der Waals surface area (Å²) in [6.07, 6.45) is 2.55. The number of piperidine rings is 1. The van der Waals surface area contributed by atoms with Crippen LogP contribution in [0.1, 0.15) is 35.3 Å². The first-order chi connectivity index (χ1) is 17.0. The summed E-state index contributed by atoms with van der Waals surface area (Å²) in [4.78, 5) is 39.0. The number of rotatable bonds is 3. The number of benzene rings is 1. The van der Waals surface area contributed by atoms with Gasteiger partial charge in [0, 0.05) is 44.5 Å². The van der Waals surface area contributed by atoms with Crippen molar-refractivity contribution in [1.82, 2.24) is 19.5 Å². The molecule has 5 rings (SSSR count). The number of hydrogen-bond donors (Lipinski definition) is 3. The fraction of sp³-hybridized carbons (Fsp3) is 0.435. The average molecular weight is 520 g/mol. The molecule has 0 bridgehead atoms. The van der Waals surface area contributed by atoms with E-state index < -0.39 is 45.7 Å². The molecule has 0 radical (unpaired) electrons. The van der Waals surface area contributed by atoms with Crippen LogP contribution < -0.4 is 20.1 Å². The third kappa shape index (κ3) is 4.55. The van der Waals surface area contributed by atoms with E-state index in [-0.39, 0.29) is 41.9 Å². The molecule has 11 nitrogen and oxygen atoms in total. The number of amides is 3. The van der Waals surface area contributed by atoms with Crippen LogP contribution in [-0.2, 0) is 26.7 Å². The normalized spacial score (nSPS) is 22.5. The summed E-state index contributed by atoms with van der Waals surface area (Å²) in [6.45, 7) is 1.71. The SMILES string of the molecule is Cc1cc(NC(=O)c2c3c(cn2C)S(=O)(=O)NC2CN(C(=O)C(=O)NC4CC4)CCC2O3)ccc1F. The number of hydrogen-bond acceptors (Lipinski definition) is 6. The number of likely N-dealkylation sites (tertiary alicyclic amines) is 1. The molecule has 1 aromatic carbocycles. The van der Waals surface area contributed by atoms with Gasteiger partial charge in [-0.05, 0) is 43.5 Å². The number of nitrogens with zero attached hydrogens (tertiary/aromatic N) is 2. The van der Waals surface area contributed by atoms with E-state index in [9.17, 15) is 27.2 Å². The average Bonchev–Trinajstić information content (AvgIpc) is 3.58. The molecule has 192 valence electrons. The van der Waals surface area contributed by atoms with Gasteiger partial charge in [-0.2, -0.15) is 0 Å². The molecule has 3 amide bonds. The van der Waals surface area contributed by atoms with E-state index in [1.807, 2.05) is 0 Å². The Bertz CT molecular complexity index is 1370. The van der Waals surface area contributed by atoms with Gasteiger partial charge in [0.05, 0.1) is 6.04 Å². The van der Waals surface area contributed by atoms with Crippen LogP contribution in [0.4, 0.5) is 10.1 Å². The summed E-state index contributed by atoms with van der Waals surface area (Å²) in [6, 6.07) is 3.32. The van der Waals surface area contributed by atoms with Crippen molar-refractivity contribution in [2.45, 2.75) is 49.3 Å². The molecule has 13 heteroatoms. The van der Waals surface area contributed by atoms with E-state index in [0.717, 1.165) is 12.8 Å². The maximum Gasteiger partial charge on any atom is 0.311 e. The van der Waals surface area contributed by atoms with Crippen LogP contribution in [0.5, 0.6) is 5.75 Å². The summed E-state index contributed by atoms with van der Waals surface area (Å²) in [5.41, 5.74) is 0.675. The van der Waals surface area contributed by atoms with E-state index in [0.29, 0.717) is 11.3 Å². The van der Waals surface area contributed by atoms with Crippen LogP contribution in [0.2, 0.25) is 0 Å². The van der Waals surface area contributed by atoms with Gasteiger partial charge in [-0.1, -0.05) is 0 Å². The molecule has 1 saturated heterocycles. The third-order valence-corrected chi connectivity index (χ3v) is 8.02. The maximum atomic E-state index is 13.6. The number of nitrogens with one attached hydrogen (secondary N) is 3. The Labute approximate surface area is 207 Å². The van der Waals surface area contributed by atoms with Crippen molar-refractivity contribution in [2.24, 2.45) is 7.05 Å². The molecule has 2 fully saturated rings. The molecular formula is C23H26FN5O6S. The highest BCUT2D eigenvalue weighted by molar-refractivity contribution is 7.89. The summed E-state index contributed by atoms with van der Waals surface area (Å²) in [5.74, 6) is -2.55. The summed E-state index contributed by atoms with van der Waals surface area (Å²) in [5, 5.41) is 5.31. The molecular weight excluding hydrogens is 493 g/mol. The van der Waals surface area contributed by atoms with Crippen LogP contribution in [0.3, 0.4) is 0 Å². The summed E-state index contributed by atoms with van der Waals surface area (Å²) < 4.78 is 50.0. The molecule has 3 aliphatic rings. The fourth-order valence-corrected chi connectivity index (χ4v) is 5.90. The Morgan fingerprint density at radius 1 is 1.19 bits per heavy atom. The quantitative estimate of drug-likeness (QED) is 0.509. The van der Waals surface area contributed by atoms with Gasteiger partial charge in [-0.15, -0.1) is 0 Å². The topological polar surface area (TPSA) is 139 Å². The number of carbonyl (C=O) groups is 3. The van der Waals surface area contributed by atoms with Crippen molar-refractivity contribution >= 4 is 33.4 Å². The number of fused-ring (bicyclic) bond motifs is 2. The minimum absolute atomic E-state index is 0.0136. The number of anilines is 1. The first-order valence-corrected chi connectivity index (χ1v) is 13.1. The first kappa shape index (κ1) is 24.3. The van der Waals surface area contributed by atoms with Crippen LogP contribution in [-0.4, -0.2) is 66.9 Å². The maximum absolute atomic E-state index is 13.6. The Morgan fingerprint density at radius 2 is 1.94 bits per heavy atom. The van der Waals surface area contributed by atoms with Crippen molar-refractivity contribution < 1.29 is 31.9 Å². The van der Waals surface area contributed by atoms with Crippen LogP contribution in [0, 0.1) is 12.7 Å². The predicted octanol–water partition coefficient (Wildman–Crippen LogP) is 0.644. The number of carbonyl (C=O) groups excluding carboxylic acids is 3. The van der Waals surface area contributed by atoms with Gasteiger partial charge in [0.25, 0.3) is 5.91 Å². The molecule has 2 atom stereocenters. The predicted molar refractivity (Wildman–Crippen MR) is 125 cm³/mol. The monoisotopic (exact) mass is 519 g/mol. The first-order valence-electron chi connectivity index (χ1n) is 11.6. The highest BCUT2D eigenvalue weighted by atomic mass is 32.2. The zero-order valence-corrected chi connectivity index (χ0v) is 20.5. The van der Waals surface area contributed by atoms with Crippen molar-refractivity contribution in [3.63, 3.8) is 0 Å². The zero-order valence-electron chi connectivity index (χ0n) is 19.7. The second kappa shape index (κ2) is 8.89. The molecule has 1 aliphatic carbocycles. The molecule has 2 aromatic rings. The number of halogens is 1. The largest absolute Gasteiger partial charge is 0.485 e. The van der Waals surface area contributed by atoms with Crippen molar-refractivity contribution in [1.29, 1.82) is 0 Å². The molecule has 3 heterocycles. The van der Waals surface area contributed by atoms with E-state index in [2.05, 4.69) is 15.4 Å². The standard InChI is InChI=1S/C23H26FN5O6S/c1-12-9-14(5-6-15(12)24)26-21(30)19-20-18(11-28(19)2)36(33,34)27-16-10-29(8-7-17(16)35-20)23(32)22(31)25-13-3-4-13/h5-6,9,11,13,16-17,27H,3-4,7-8,10H2,1-2H3,(H,25,31)(H,26,30). The van der Waals surface area contributed by atoms with Crippen molar-refractivity contribution in [3.05, 3.63) is 41.5 Å². The van der Waals surface area contributed by atoms with Gasteiger partial charge in [-0.3, -0.25) is 14.4 Å². The van der Waals surface area contributed by atoms with Gasteiger partial charge < -0.3 is 24.8 Å². The summed E-state index contributed by atoms with van der Waals surface area (Å²) >= 11 is 0. The minimum Gasteiger partial charge on any atom is -0.485 e. The number of aryl methyl sites for hydroxylation is 2. The third-order valence-electron chi connectivity index (χ3n) is 6.54. The van der Waals surface area contributed by atoms with Gasteiger partial charge in [0.2, 0.25) is 10.0 Å². The van der Waals surface area contributed by atoms with Crippen LogP contribution >= 0.6 is 0 Å². The second-order valence-electron chi connectivity index (χ2n) is 9.37. The van der Waals surface area contributed by atoms with E-state index in [1.54, 1.807) is 6.92 Å². The lowest BCUT2D eigenvalue weighted by atomic mass is 10.0. The van der Waals surface area contributed by atoms with E-state index >= 15 is 0 Å². The van der Waals surface area contributed by atoms with Gasteiger partial charge in [0.1, 0.15) is 16.8 Å². The molecule has 2 aliphatic heterocycles. The van der Waals surface area contributed by atoms with Gasteiger partial charge >= 0.3 is 11.8 Å². The fourth-order valence-electron chi connectivity index (χ4n) is 4.46. The molecule has 36 heavy (non-hydrogen) atoms. The highest BCUT2D eigenvalue weighted by Gasteiger charge is 2.43. The minimum atomic E-state index is -4.11. The Morgan fingerprint density at radius 3 is 2.64 bits per heavy atom. The smallest absolute Gasteiger partial charge is 0.311 e. The highest BCUT2D eigenvalue weighted by Crippen LogP contribution is 2.36. The second-order valence-corrected chi connectivity index (χ2v) is 11.1. The number of sulfonamides is 1. The van der Waals surface area contributed by atoms with E-state index in [4.69, 9.17) is 4.74 Å². The van der Waals surface area contributed by atoms with Gasteiger partial charge in [0.15, 0.2) is 11.4 Å². The molecule has 2 unspecified atom stereocenters. The Hall–Kier alpha value is -3.45. The summed E-state index contributed by atoms with van der Waals surface area (Å²) in [7, 11) is -2.59. The van der Waals surface area contributed by atoms with Crippen LogP contribution in [0.25, 0.3) is 0 Å². The van der Waals surface area contributed by atoms with Crippen molar-refractivity contribution in [2.75, 3.05) is 18.4 Å². The number of aromatic nitrogens is 1. The molecule has 0 spiro atoms. The Balaban J connectivity index is 1.38. The van der Waals surface area contributed by atoms with Crippen LogP contribution in [0.15, 0.2) is 29.3 Å². The molecule has 1 saturated carbocycles. The molecule has 1 aromatic heterocycles. The molecule has 3 N–H and O–H groups in total. The van der Waals surface area contributed by atoms with Gasteiger partial charge in [-0.25, -0.2) is 17.5 Å². The Kier molecular flexibility index (Phi) is 5.99. The lowest BCUT2D eigenvalue weighted by Crippen LogP contribution is -2.58. The van der Waals surface area contributed by atoms with E-state index in [1.165, 1.54) is 40.9 Å². The zero-order chi connectivity index (χ0) is 25.8. The van der Waals surface area contributed by atoms with Crippen molar-refractivity contribution in [3.8, 4) is 5.75 Å².